The van der Waals surface area contributed by atoms with Crippen LogP contribution < -0.4 is 10.1 Å². The number of amides is 1. The maximum absolute atomic E-state index is 12.3. The molecule has 1 atom stereocenters. The first-order valence-corrected chi connectivity index (χ1v) is 7.51. The minimum Gasteiger partial charge on any atom is -0.497 e. The highest BCUT2D eigenvalue weighted by molar-refractivity contribution is 6.07. The van der Waals surface area contributed by atoms with Gasteiger partial charge in [-0.25, -0.2) is 0 Å². The highest BCUT2D eigenvalue weighted by atomic mass is 19.4. The fourth-order valence-corrected chi connectivity index (χ4v) is 1.86. The van der Waals surface area contributed by atoms with E-state index in [4.69, 9.17) is 4.74 Å². The van der Waals surface area contributed by atoms with Crippen LogP contribution in [0.5, 0.6) is 5.75 Å². The van der Waals surface area contributed by atoms with E-state index in [1.54, 1.807) is 19.1 Å². The lowest BCUT2D eigenvalue weighted by atomic mass is 10.1. The molecule has 0 bridgehead atoms. The van der Waals surface area contributed by atoms with E-state index in [0.29, 0.717) is 23.1 Å². The predicted octanol–water partition coefficient (Wildman–Crippen LogP) is 2.81. The normalized spacial score (nSPS) is 12.5. The van der Waals surface area contributed by atoms with Crippen LogP contribution in [-0.4, -0.2) is 37.6 Å². The van der Waals surface area contributed by atoms with E-state index >= 15 is 0 Å². The van der Waals surface area contributed by atoms with Gasteiger partial charge in [0.15, 0.2) is 5.92 Å². The number of halogens is 3. The van der Waals surface area contributed by atoms with Crippen molar-refractivity contribution in [2.24, 2.45) is 5.92 Å². The summed E-state index contributed by atoms with van der Waals surface area (Å²) in [5, 5.41) is 2.42. The van der Waals surface area contributed by atoms with E-state index in [0.717, 1.165) is 0 Å². The molecule has 6 nitrogen and oxygen atoms in total. The molecule has 1 unspecified atom stereocenters. The Balaban J connectivity index is 3.07. The van der Waals surface area contributed by atoms with Gasteiger partial charge in [0.05, 0.1) is 13.7 Å². The number of esters is 1. The molecule has 0 saturated heterocycles. The number of nitrogens with one attached hydrogen (secondary N) is 1. The van der Waals surface area contributed by atoms with Crippen LogP contribution >= 0.6 is 0 Å². The molecule has 9 heteroatoms. The van der Waals surface area contributed by atoms with E-state index in [-0.39, 0.29) is 12.7 Å². The number of alkyl halides is 3. The molecule has 0 spiro atoms. The van der Waals surface area contributed by atoms with Crippen molar-refractivity contribution in [2.45, 2.75) is 20.0 Å². The Bertz CT molecular complexity index is 713. The van der Waals surface area contributed by atoms with Crippen LogP contribution in [0.4, 0.5) is 18.9 Å². The van der Waals surface area contributed by atoms with Gasteiger partial charge in [-0.15, -0.1) is 0 Å². The zero-order chi connectivity index (χ0) is 19.9. The average Bonchev–Trinajstić information content (AvgIpc) is 2.56. The highest BCUT2D eigenvalue weighted by Crippen LogP contribution is 2.23. The second-order valence-electron chi connectivity index (χ2n) is 5.12. The average molecular weight is 373 g/mol. The Morgan fingerprint density at radius 1 is 1.27 bits per heavy atom. The molecule has 0 radical (unpaired) electrons. The first kappa shape index (κ1) is 21.2. The summed E-state index contributed by atoms with van der Waals surface area (Å²) < 4.78 is 46.6. The molecule has 0 heterocycles. The topological polar surface area (TPSA) is 81.7 Å². The highest BCUT2D eigenvalue weighted by Gasteiger charge is 2.37. The van der Waals surface area contributed by atoms with Gasteiger partial charge in [0.2, 0.25) is 5.91 Å². The first-order valence-electron chi connectivity index (χ1n) is 7.51. The van der Waals surface area contributed by atoms with E-state index in [9.17, 15) is 27.6 Å². The van der Waals surface area contributed by atoms with E-state index < -0.39 is 29.8 Å². The molecule has 1 N–H and O–H groups in total. The predicted molar refractivity (Wildman–Crippen MR) is 86.7 cm³/mol. The number of ketones is 1. The quantitative estimate of drug-likeness (QED) is 0.452. The molecule has 0 aromatic heterocycles. The number of anilines is 1. The lowest BCUT2D eigenvalue weighted by Gasteiger charge is -2.14. The molecule has 1 aromatic carbocycles. The maximum atomic E-state index is 12.3. The summed E-state index contributed by atoms with van der Waals surface area (Å²) in [5.74, 6) is -5.48. The van der Waals surface area contributed by atoms with E-state index in [1.165, 1.54) is 20.1 Å². The lowest BCUT2D eigenvalue weighted by Crippen LogP contribution is -2.30. The second-order valence-corrected chi connectivity index (χ2v) is 5.12. The fraction of sp³-hybridized carbons (Fsp3) is 0.353. The lowest BCUT2D eigenvalue weighted by molar-refractivity contribution is -0.165. The smallest absolute Gasteiger partial charge is 0.454 e. The number of aryl methyl sites for hydroxylation is 1. The monoisotopic (exact) mass is 373 g/mol. The van der Waals surface area contributed by atoms with Crippen LogP contribution in [-0.2, 0) is 19.1 Å². The van der Waals surface area contributed by atoms with Crippen molar-refractivity contribution in [2.75, 3.05) is 19.0 Å². The van der Waals surface area contributed by atoms with Gasteiger partial charge in [0.1, 0.15) is 5.75 Å². The number of methoxy groups -OCH3 is 1. The van der Waals surface area contributed by atoms with Gasteiger partial charge >= 0.3 is 12.1 Å². The molecule has 0 aliphatic rings. The van der Waals surface area contributed by atoms with Crippen molar-refractivity contribution >= 4 is 23.3 Å². The molecule has 0 aliphatic carbocycles. The van der Waals surface area contributed by atoms with Crippen molar-refractivity contribution in [1.29, 1.82) is 0 Å². The Morgan fingerprint density at radius 3 is 2.46 bits per heavy atom. The number of hydrogen-bond donors (Lipinski definition) is 1. The Labute approximate surface area is 148 Å². The van der Waals surface area contributed by atoms with Crippen LogP contribution in [0.1, 0.15) is 12.5 Å². The third kappa shape index (κ3) is 5.91. The summed E-state index contributed by atoms with van der Waals surface area (Å²) in [6.07, 6.45) is -4.40. The molecule has 0 saturated carbocycles. The zero-order valence-electron chi connectivity index (χ0n) is 14.3. The number of carbonyl (C=O) groups excluding carboxylic acids is 3. The van der Waals surface area contributed by atoms with Crippen molar-refractivity contribution in [3.05, 3.63) is 35.9 Å². The Kier molecular flexibility index (Phi) is 7.36. The minimum atomic E-state index is -5.10. The van der Waals surface area contributed by atoms with Gasteiger partial charge in [0, 0.05) is 11.8 Å². The number of carbonyl (C=O) groups is 3. The number of benzene rings is 1. The van der Waals surface area contributed by atoms with Crippen LogP contribution in [0.25, 0.3) is 0 Å². The van der Waals surface area contributed by atoms with E-state index in [2.05, 4.69) is 10.1 Å². The van der Waals surface area contributed by atoms with E-state index in [1.807, 2.05) is 0 Å². The van der Waals surface area contributed by atoms with Gasteiger partial charge in [-0.05, 0) is 31.6 Å². The second kappa shape index (κ2) is 9.02. The van der Waals surface area contributed by atoms with Gasteiger partial charge < -0.3 is 14.8 Å². The Morgan fingerprint density at radius 2 is 1.92 bits per heavy atom. The number of ether oxygens (including phenoxy) is 2. The number of allylic oxidation sites excluding steroid dienone is 1. The maximum Gasteiger partial charge on any atom is 0.454 e. The minimum absolute atomic E-state index is 0.0815. The van der Waals surface area contributed by atoms with Crippen LogP contribution in [0, 0.1) is 12.8 Å². The van der Waals surface area contributed by atoms with Crippen molar-refractivity contribution < 1.29 is 37.0 Å². The Hall–Kier alpha value is -2.84. The molecular formula is C17H18F3NO5. The summed E-state index contributed by atoms with van der Waals surface area (Å²) >= 11 is 0. The summed E-state index contributed by atoms with van der Waals surface area (Å²) in [4.78, 5) is 35.2. The fourth-order valence-electron chi connectivity index (χ4n) is 1.86. The molecule has 0 fully saturated rings. The molecule has 142 valence electrons. The summed E-state index contributed by atoms with van der Waals surface area (Å²) in [5.41, 5.74) is 0.941. The molecule has 1 rings (SSSR count). The van der Waals surface area contributed by atoms with Crippen LogP contribution in [0.3, 0.4) is 0 Å². The van der Waals surface area contributed by atoms with Crippen molar-refractivity contribution in [3.63, 3.8) is 0 Å². The first-order chi connectivity index (χ1) is 12.1. The molecule has 0 aliphatic heterocycles. The van der Waals surface area contributed by atoms with Gasteiger partial charge in [0.25, 0.3) is 5.78 Å². The molecule has 26 heavy (non-hydrogen) atoms. The SMILES string of the molecule is CCOC(=O)C(/C=C/C(=O)C(F)(F)F)C(=O)Nc1cc(OC)ccc1C. The molecule has 1 amide bonds. The van der Waals surface area contributed by atoms with Gasteiger partial charge in [-0.1, -0.05) is 12.1 Å². The van der Waals surface area contributed by atoms with Gasteiger partial charge in [-0.3, -0.25) is 14.4 Å². The van der Waals surface area contributed by atoms with Crippen LogP contribution in [0.2, 0.25) is 0 Å². The summed E-state index contributed by atoms with van der Waals surface area (Å²) in [7, 11) is 1.42. The molecule has 1 aromatic rings. The van der Waals surface area contributed by atoms with Crippen LogP contribution in [0.15, 0.2) is 30.4 Å². The van der Waals surface area contributed by atoms with Crippen molar-refractivity contribution in [3.8, 4) is 5.75 Å². The third-order valence-electron chi connectivity index (χ3n) is 3.25. The van der Waals surface area contributed by atoms with Crippen molar-refractivity contribution in [1.82, 2.24) is 0 Å². The van der Waals surface area contributed by atoms with Gasteiger partial charge in [-0.2, -0.15) is 13.2 Å². The number of hydrogen-bond acceptors (Lipinski definition) is 5. The standard InChI is InChI=1S/C17H18F3NO5/c1-4-26-16(24)12(7-8-14(22)17(18,19)20)15(23)21-13-9-11(25-3)6-5-10(13)2/h5-9,12H,4H2,1-3H3,(H,21,23)/b8-7+. The zero-order valence-corrected chi connectivity index (χ0v) is 14.3. The summed E-state index contributed by atoms with van der Waals surface area (Å²) in [6, 6.07) is 4.78. The third-order valence-corrected chi connectivity index (χ3v) is 3.25. The largest absolute Gasteiger partial charge is 0.497 e. The number of rotatable bonds is 7. The summed E-state index contributed by atoms with van der Waals surface area (Å²) in [6.45, 7) is 3.07. The molecular weight excluding hydrogens is 355 g/mol.